The molecule has 0 aliphatic heterocycles. The van der Waals surface area contributed by atoms with E-state index in [2.05, 4.69) is 23.1 Å². The number of rotatable bonds is 8. The van der Waals surface area contributed by atoms with Gasteiger partial charge in [-0.3, -0.25) is 9.80 Å². The SMILES string of the molecule is CCN(CC#N)CC(O)CN(C)Cc1ccccc1. The van der Waals surface area contributed by atoms with Crippen molar-refractivity contribution >= 4 is 0 Å². The van der Waals surface area contributed by atoms with Crippen LogP contribution < -0.4 is 0 Å². The van der Waals surface area contributed by atoms with Crippen molar-refractivity contribution in [2.24, 2.45) is 0 Å². The van der Waals surface area contributed by atoms with Gasteiger partial charge in [-0.25, -0.2) is 0 Å². The molecule has 1 N–H and O–H groups in total. The van der Waals surface area contributed by atoms with Crippen LogP contribution in [0.5, 0.6) is 0 Å². The topological polar surface area (TPSA) is 50.5 Å². The molecule has 0 saturated carbocycles. The third-order valence-corrected chi connectivity index (χ3v) is 3.03. The first-order valence-electron chi connectivity index (χ1n) is 6.65. The highest BCUT2D eigenvalue weighted by molar-refractivity contribution is 5.14. The first-order valence-corrected chi connectivity index (χ1v) is 6.65. The first kappa shape index (κ1) is 15.6. The Morgan fingerprint density at radius 3 is 2.53 bits per heavy atom. The van der Waals surface area contributed by atoms with E-state index in [4.69, 9.17) is 5.26 Å². The maximum absolute atomic E-state index is 10.0. The largest absolute Gasteiger partial charge is 0.390 e. The van der Waals surface area contributed by atoms with Gasteiger partial charge in [-0.15, -0.1) is 0 Å². The molecule has 1 aromatic rings. The zero-order valence-electron chi connectivity index (χ0n) is 11.8. The van der Waals surface area contributed by atoms with Crippen LogP contribution in [0.15, 0.2) is 30.3 Å². The molecule has 0 heterocycles. The van der Waals surface area contributed by atoms with E-state index in [0.29, 0.717) is 19.6 Å². The zero-order valence-corrected chi connectivity index (χ0v) is 11.8. The van der Waals surface area contributed by atoms with E-state index in [1.807, 2.05) is 37.1 Å². The number of nitrogens with zero attached hydrogens (tertiary/aromatic N) is 3. The van der Waals surface area contributed by atoms with Crippen molar-refractivity contribution < 1.29 is 5.11 Å². The van der Waals surface area contributed by atoms with Crippen LogP contribution in [-0.2, 0) is 6.54 Å². The van der Waals surface area contributed by atoms with Gasteiger partial charge < -0.3 is 5.11 Å². The van der Waals surface area contributed by atoms with Crippen molar-refractivity contribution in [3.8, 4) is 6.07 Å². The van der Waals surface area contributed by atoms with E-state index < -0.39 is 6.10 Å². The highest BCUT2D eigenvalue weighted by Crippen LogP contribution is 2.03. The minimum absolute atomic E-state index is 0.371. The second-order valence-electron chi connectivity index (χ2n) is 4.82. The maximum atomic E-state index is 10.0. The molecule has 0 radical (unpaired) electrons. The fraction of sp³-hybridized carbons (Fsp3) is 0.533. The molecule has 0 saturated heterocycles. The quantitative estimate of drug-likeness (QED) is 0.717. The molecular formula is C15H23N3O. The normalized spacial score (nSPS) is 12.6. The fourth-order valence-corrected chi connectivity index (χ4v) is 2.08. The van der Waals surface area contributed by atoms with Gasteiger partial charge in [0.2, 0.25) is 0 Å². The molecule has 1 atom stereocenters. The molecule has 0 spiro atoms. The standard InChI is InChI=1S/C15H23N3O/c1-3-18(10-9-16)13-15(19)12-17(2)11-14-7-5-4-6-8-14/h4-8,15,19H,3,10-13H2,1-2H3. The van der Waals surface area contributed by atoms with Gasteiger partial charge in [-0.2, -0.15) is 5.26 Å². The van der Waals surface area contributed by atoms with Gasteiger partial charge in [-0.1, -0.05) is 37.3 Å². The molecule has 1 rings (SSSR count). The van der Waals surface area contributed by atoms with Crippen LogP contribution in [-0.4, -0.2) is 54.2 Å². The third-order valence-electron chi connectivity index (χ3n) is 3.03. The van der Waals surface area contributed by atoms with Gasteiger partial charge >= 0.3 is 0 Å². The maximum Gasteiger partial charge on any atom is 0.0866 e. The molecule has 0 aliphatic carbocycles. The Morgan fingerprint density at radius 1 is 1.26 bits per heavy atom. The Balaban J connectivity index is 2.35. The minimum Gasteiger partial charge on any atom is -0.390 e. The van der Waals surface area contributed by atoms with Crippen molar-refractivity contribution in [3.05, 3.63) is 35.9 Å². The van der Waals surface area contributed by atoms with E-state index in [-0.39, 0.29) is 0 Å². The van der Waals surface area contributed by atoms with E-state index in [0.717, 1.165) is 13.1 Å². The lowest BCUT2D eigenvalue weighted by Gasteiger charge is -2.25. The Bertz CT molecular complexity index is 388. The summed E-state index contributed by atoms with van der Waals surface area (Å²) in [5.74, 6) is 0. The van der Waals surface area contributed by atoms with Crippen LogP contribution in [0.25, 0.3) is 0 Å². The fourth-order valence-electron chi connectivity index (χ4n) is 2.08. The van der Waals surface area contributed by atoms with Crippen molar-refractivity contribution in [2.45, 2.75) is 19.6 Å². The molecule has 0 amide bonds. The summed E-state index contributed by atoms with van der Waals surface area (Å²) in [6, 6.07) is 12.3. The third kappa shape index (κ3) is 6.35. The van der Waals surface area contributed by atoms with Crippen molar-refractivity contribution in [1.29, 1.82) is 5.26 Å². The lowest BCUT2D eigenvalue weighted by Crippen LogP contribution is -2.39. The average Bonchev–Trinajstić information content (AvgIpc) is 2.39. The highest BCUT2D eigenvalue weighted by atomic mass is 16.3. The molecule has 1 unspecified atom stereocenters. The Hall–Kier alpha value is -1.41. The molecule has 19 heavy (non-hydrogen) atoms. The van der Waals surface area contributed by atoms with E-state index >= 15 is 0 Å². The highest BCUT2D eigenvalue weighted by Gasteiger charge is 2.12. The molecule has 4 heteroatoms. The first-order chi connectivity index (χ1) is 9.15. The predicted octanol–water partition coefficient (Wildman–Crippen LogP) is 1.32. The summed E-state index contributed by atoms with van der Waals surface area (Å²) in [5.41, 5.74) is 1.24. The molecule has 4 nitrogen and oxygen atoms in total. The Labute approximate surface area is 115 Å². The number of benzene rings is 1. The summed E-state index contributed by atoms with van der Waals surface area (Å²) in [4.78, 5) is 4.04. The average molecular weight is 261 g/mol. The van der Waals surface area contributed by atoms with Crippen LogP contribution in [0.1, 0.15) is 12.5 Å². The van der Waals surface area contributed by atoms with Crippen molar-refractivity contribution in [3.63, 3.8) is 0 Å². The number of hydrogen-bond donors (Lipinski definition) is 1. The van der Waals surface area contributed by atoms with Crippen molar-refractivity contribution in [1.82, 2.24) is 9.80 Å². The van der Waals surface area contributed by atoms with Crippen LogP contribution >= 0.6 is 0 Å². The zero-order chi connectivity index (χ0) is 14.1. The number of likely N-dealkylation sites (N-methyl/N-ethyl adjacent to an activating group) is 2. The molecule has 0 bridgehead atoms. The number of aliphatic hydroxyl groups is 1. The second-order valence-corrected chi connectivity index (χ2v) is 4.82. The van der Waals surface area contributed by atoms with Gasteiger partial charge in [-0.05, 0) is 19.2 Å². The van der Waals surface area contributed by atoms with Gasteiger partial charge in [0.25, 0.3) is 0 Å². The summed E-state index contributed by atoms with van der Waals surface area (Å²) >= 11 is 0. The van der Waals surface area contributed by atoms with E-state index in [1.165, 1.54) is 5.56 Å². The number of hydrogen-bond acceptors (Lipinski definition) is 4. The summed E-state index contributed by atoms with van der Waals surface area (Å²) < 4.78 is 0. The van der Waals surface area contributed by atoms with Gasteiger partial charge in [0, 0.05) is 19.6 Å². The summed E-state index contributed by atoms with van der Waals surface area (Å²) in [6.07, 6.45) is -0.429. The summed E-state index contributed by atoms with van der Waals surface area (Å²) in [5, 5.41) is 18.7. The lowest BCUT2D eigenvalue weighted by atomic mass is 10.2. The summed E-state index contributed by atoms with van der Waals surface area (Å²) in [6.45, 7) is 5.13. The Kier molecular flexibility index (Phi) is 7.12. The van der Waals surface area contributed by atoms with E-state index in [9.17, 15) is 5.11 Å². The summed E-state index contributed by atoms with van der Waals surface area (Å²) in [7, 11) is 2.00. The Morgan fingerprint density at radius 2 is 1.95 bits per heavy atom. The van der Waals surface area contributed by atoms with Crippen LogP contribution in [0.4, 0.5) is 0 Å². The molecule has 0 aliphatic rings. The molecule has 0 fully saturated rings. The van der Waals surface area contributed by atoms with Gasteiger partial charge in [0.05, 0.1) is 18.7 Å². The van der Waals surface area contributed by atoms with Crippen LogP contribution in [0.2, 0.25) is 0 Å². The van der Waals surface area contributed by atoms with Crippen LogP contribution in [0, 0.1) is 11.3 Å². The number of aliphatic hydroxyl groups excluding tert-OH is 1. The molecular weight excluding hydrogens is 238 g/mol. The molecule has 104 valence electrons. The molecule has 0 aromatic heterocycles. The van der Waals surface area contributed by atoms with Gasteiger partial charge in [0.1, 0.15) is 0 Å². The van der Waals surface area contributed by atoms with Crippen LogP contribution in [0.3, 0.4) is 0 Å². The minimum atomic E-state index is -0.429. The number of nitriles is 1. The monoisotopic (exact) mass is 261 g/mol. The van der Waals surface area contributed by atoms with Gasteiger partial charge in [0.15, 0.2) is 0 Å². The smallest absolute Gasteiger partial charge is 0.0866 e. The second kappa shape index (κ2) is 8.65. The van der Waals surface area contributed by atoms with Crippen molar-refractivity contribution in [2.75, 3.05) is 33.2 Å². The predicted molar refractivity (Wildman–Crippen MR) is 76.5 cm³/mol. The molecule has 1 aromatic carbocycles. The van der Waals surface area contributed by atoms with E-state index in [1.54, 1.807) is 0 Å². The lowest BCUT2D eigenvalue weighted by molar-refractivity contribution is 0.0863.